The van der Waals surface area contributed by atoms with Crippen molar-refractivity contribution < 1.29 is 4.42 Å². The summed E-state index contributed by atoms with van der Waals surface area (Å²) in [5.74, 6) is 1.45. The monoisotopic (exact) mass is 295 g/mol. The number of benzene rings is 1. The van der Waals surface area contributed by atoms with Gasteiger partial charge in [-0.05, 0) is 19.1 Å². The summed E-state index contributed by atoms with van der Waals surface area (Å²) in [7, 11) is 0. The molecule has 0 aliphatic rings. The summed E-state index contributed by atoms with van der Waals surface area (Å²) in [6, 6.07) is 13.8. The predicted octanol–water partition coefficient (Wildman–Crippen LogP) is 4.21. The second-order valence-electron chi connectivity index (χ2n) is 4.81. The highest BCUT2D eigenvalue weighted by Gasteiger charge is 2.20. The molecule has 0 atom stereocenters. The summed E-state index contributed by atoms with van der Waals surface area (Å²) in [5, 5.41) is 0. The fraction of sp³-hybridized carbons (Fsp3) is 0.0625. The van der Waals surface area contributed by atoms with Crippen molar-refractivity contribution >= 4 is 22.1 Å². The number of fused-ring (bicyclic) bond motifs is 1. The second kappa shape index (κ2) is 4.49. The maximum atomic E-state index is 6.36. The fourth-order valence-corrected chi connectivity index (χ4v) is 3.52. The Morgan fingerprint density at radius 2 is 1.95 bits per heavy atom. The molecule has 3 heterocycles. The highest BCUT2D eigenvalue weighted by molar-refractivity contribution is 7.17. The van der Waals surface area contributed by atoms with E-state index in [1.54, 1.807) is 17.6 Å². The molecule has 0 radical (unpaired) electrons. The van der Waals surface area contributed by atoms with Gasteiger partial charge in [-0.3, -0.25) is 4.40 Å². The Bertz CT molecular complexity index is 904. The van der Waals surface area contributed by atoms with Gasteiger partial charge in [-0.15, -0.1) is 11.3 Å². The van der Waals surface area contributed by atoms with E-state index < -0.39 is 0 Å². The smallest absolute Gasteiger partial charge is 0.196 e. The minimum atomic E-state index is 0.645. The molecule has 0 saturated carbocycles. The molecule has 1 aromatic carbocycles. The van der Waals surface area contributed by atoms with Crippen LogP contribution in [0.2, 0.25) is 0 Å². The van der Waals surface area contributed by atoms with E-state index in [1.807, 2.05) is 46.9 Å². The molecular weight excluding hydrogens is 282 g/mol. The number of aryl methyl sites for hydroxylation is 1. The van der Waals surface area contributed by atoms with Crippen LogP contribution in [0.4, 0.5) is 5.82 Å². The lowest BCUT2D eigenvalue weighted by molar-refractivity contribution is 0.579. The summed E-state index contributed by atoms with van der Waals surface area (Å²) in [6.45, 7) is 2.05. The molecule has 5 heteroatoms. The number of nitrogens with zero attached hydrogens (tertiary/aromatic N) is 2. The molecule has 0 amide bonds. The van der Waals surface area contributed by atoms with Crippen molar-refractivity contribution in [1.82, 2.24) is 9.38 Å². The number of imidazole rings is 1. The van der Waals surface area contributed by atoms with Crippen LogP contribution in [-0.2, 0) is 0 Å². The van der Waals surface area contributed by atoms with E-state index in [0.717, 1.165) is 32.5 Å². The standard InChI is InChI=1S/C16H13N3OS/c1-10-14(12-8-5-9-20-12)19-15(17)13(18-16(19)21-10)11-6-3-2-4-7-11/h2-9H,17H2,1H3. The van der Waals surface area contributed by atoms with Crippen LogP contribution in [-0.4, -0.2) is 9.38 Å². The predicted molar refractivity (Wildman–Crippen MR) is 85.4 cm³/mol. The minimum Gasteiger partial charge on any atom is -0.463 e. The van der Waals surface area contributed by atoms with Crippen LogP contribution in [0.25, 0.3) is 27.7 Å². The first-order chi connectivity index (χ1) is 10.3. The zero-order valence-electron chi connectivity index (χ0n) is 11.4. The molecule has 0 aliphatic heterocycles. The van der Waals surface area contributed by atoms with Gasteiger partial charge in [0.1, 0.15) is 17.2 Å². The van der Waals surface area contributed by atoms with E-state index in [0.29, 0.717) is 5.82 Å². The van der Waals surface area contributed by atoms with E-state index >= 15 is 0 Å². The van der Waals surface area contributed by atoms with Gasteiger partial charge in [-0.1, -0.05) is 30.3 Å². The van der Waals surface area contributed by atoms with Crippen molar-refractivity contribution in [3.8, 4) is 22.7 Å². The Balaban J connectivity index is 2.01. The van der Waals surface area contributed by atoms with Crippen molar-refractivity contribution in [3.63, 3.8) is 0 Å². The highest BCUT2D eigenvalue weighted by atomic mass is 32.1. The van der Waals surface area contributed by atoms with E-state index in [2.05, 4.69) is 11.9 Å². The first-order valence-corrected chi connectivity index (χ1v) is 7.44. The summed E-state index contributed by atoms with van der Waals surface area (Å²) >= 11 is 1.62. The van der Waals surface area contributed by atoms with Crippen molar-refractivity contribution in [2.45, 2.75) is 6.92 Å². The maximum absolute atomic E-state index is 6.36. The van der Waals surface area contributed by atoms with Crippen LogP contribution < -0.4 is 5.73 Å². The number of nitrogen functional groups attached to an aromatic ring is 1. The maximum Gasteiger partial charge on any atom is 0.196 e. The number of rotatable bonds is 2. The quantitative estimate of drug-likeness (QED) is 0.602. The number of hydrogen-bond donors (Lipinski definition) is 1. The zero-order valence-corrected chi connectivity index (χ0v) is 12.2. The van der Waals surface area contributed by atoms with Crippen molar-refractivity contribution in [3.05, 3.63) is 53.6 Å². The van der Waals surface area contributed by atoms with Gasteiger partial charge in [0.2, 0.25) is 0 Å². The third-order valence-corrected chi connectivity index (χ3v) is 4.44. The topological polar surface area (TPSA) is 56.5 Å². The number of nitrogens with two attached hydrogens (primary N) is 1. The molecular formula is C16H13N3OS. The van der Waals surface area contributed by atoms with Crippen LogP contribution >= 0.6 is 11.3 Å². The van der Waals surface area contributed by atoms with Crippen LogP contribution in [0.1, 0.15) is 4.88 Å². The van der Waals surface area contributed by atoms with Gasteiger partial charge in [0.05, 0.1) is 6.26 Å². The molecule has 0 aliphatic carbocycles. The lowest BCUT2D eigenvalue weighted by atomic mass is 10.1. The molecule has 2 N–H and O–H groups in total. The summed E-state index contributed by atoms with van der Waals surface area (Å²) in [6.07, 6.45) is 1.67. The molecule has 0 spiro atoms. The normalized spacial score (nSPS) is 11.3. The van der Waals surface area contributed by atoms with Gasteiger partial charge < -0.3 is 10.2 Å². The van der Waals surface area contributed by atoms with Gasteiger partial charge in [0.15, 0.2) is 10.7 Å². The van der Waals surface area contributed by atoms with Crippen LogP contribution in [0.15, 0.2) is 53.1 Å². The summed E-state index contributed by atoms with van der Waals surface area (Å²) in [4.78, 5) is 6.71. The molecule has 4 aromatic rings. The van der Waals surface area contributed by atoms with Crippen molar-refractivity contribution in [1.29, 1.82) is 0 Å². The van der Waals surface area contributed by atoms with Gasteiger partial charge in [-0.25, -0.2) is 4.98 Å². The van der Waals surface area contributed by atoms with Crippen LogP contribution in [0.5, 0.6) is 0 Å². The first-order valence-electron chi connectivity index (χ1n) is 6.62. The van der Waals surface area contributed by atoms with Gasteiger partial charge in [0, 0.05) is 10.4 Å². The number of thiazole rings is 1. The second-order valence-corrected chi connectivity index (χ2v) is 6.00. The average Bonchev–Trinajstić information content (AvgIpc) is 3.18. The first kappa shape index (κ1) is 12.2. The van der Waals surface area contributed by atoms with Crippen molar-refractivity contribution in [2.75, 3.05) is 5.73 Å². The zero-order chi connectivity index (χ0) is 14.4. The van der Waals surface area contributed by atoms with E-state index in [1.165, 1.54) is 0 Å². The van der Waals surface area contributed by atoms with Gasteiger partial charge >= 0.3 is 0 Å². The number of aromatic nitrogens is 2. The van der Waals surface area contributed by atoms with Crippen molar-refractivity contribution in [2.24, 2.45) is 0 Å². The molecule has 4 rings (SSSR count). The lowest BCUT2D eigenvalue weighted by Crippen LogP contribution is -1.95. The van der Waals surface area contributed by atoms with E-state index in [4.69, 9.17) is 10.2 Å². The number of furan rings is 1. The summed E-state index contributed by atoms with van der Waals surface area (Å²) < 4.78 is 7.51. The average molecular weight is 295 g/mol. The fourth-order valence-electron chi connectivity index (χ4n) is 2.54. The van der Waals surface area contributed by atoms with Crippen LogP contribution in [0.3, 0.4) is 0 Å². The molecule has 3 aromatic heterocycles. The largest absolute Gasteiger partial charge is 0.463 e. The number of anilines is 1. The van der Waals surface area contributed by atoms with E-state index in [9.17, 15) is 0 Å². The third-order valence-electron chi connectivity index (χ3n) is 3.49. The third kappa shape index (κ3) is 1.78. The molecule has 0 bridgehead atoms. The van der Waals surface area contributed by atoms with E-state index in [-0.39, 0.29) is 0 Å². The van der Waals surface area contributed by atoms with Gasteiger partial charge in [0.25, 0.3) is 0 Å². The highest BCUT2D eigenvalue weighted by Crippen LogP contribution is 2.37. The molecule has 0 fully saturated rings. The summed E-state index contributed by atoms with van der Waals surface area (Å²) in [5.41, 5.74) is 9.17. The lowest BCUT2D eigenvalue weighted by Gasteiger charge is -2.02. The molecule has 0 unspecified atom stereocenters. The molecule has 0 saturated heterocycles. The molecule has 104 valence electrons. The van der Waals surface area contributed by atoms with Gasteiger partial charge in [-0.2, -0.15) is 0 Å². The molecule has 21 heavy (non-hydrogen) atoms. The SMILES string of the molecule is Cc1sc2nc(-c3ccccc3)c(N)n2c1-c1ccco1. The minimum absolute atomic E-state index is 0.645. The number of hydrogen-bond acceptors (Lipinski definition) is 4. The van der Waals surface area contributed by atoms with Crippen LogP contribution in [0, 0.1) is 6.92 Å². The Kier molecular flexibility index (Phi) is 2.62. The Morgan fingerprint density at radius 1 is 1.14 bits per heavy atom. The Morgan fingerprint density at radius 3 is 2.67 bits per heavy atom. The molecule has 4 nitrogen and oxygen atoms in total. The Hall–Kier alpha value is -2.53. The Labute approximate surface area is 125 Å².